The lowest BCUT2D eigenvalue weighted by molar-refractivity contribution is -0.120. The Labute approximate surface area is 117 Å². The molecule has 0 bridgehead atoms. The highest BCUT2D eigenvalue weighted by Crippen LogP contribution is 1.88. The topological polar surface area (TPSA) is 85.1 Å². The largest absolute Gasteiger partial charge is 0.355 e. The van der Waals surface area contributed by atoms with E-state index in [-0.39, 0.29) is 30.2 Å². The van der Waals surface area contributed by atoms with E-state index in [2.05, 4.69) is 10.6 Å². The van der Waals surface area contributed by atoms with Crippen LogP contribution in [0.25, 0.3) is 0 Å². The van der Waals surface area contributed by atoms with Gasteiger partial charge in [-0.25, -0.2) is 4.79 Å². The lowest BCUT2D eigenvalue weighted by Crippen LogP contribution is -2.41. The molecule has 1 aromatic heterocycles. The van der Waals surface area contributed by atoms with Gasteiger partial charge < -0.3 is 15.2 Å². The van der Waals surface area contributed by atoms with Crippen LogP contribution in [0.5, 0.6) is 0 Å². The Balaban J connectivity index is 2.57. The summed E-state index contributed by atoms with van der Waals surface area (Å²) < 4.78 is 2.40. The number of aromatic nitrogens is 2. The predicted molar refractivity (Wildman–Crippen MR) is 76.5 cm³/mol. The van der Waals surface area contributed by atoms with Gasteiger partial charge >= 0.3 is 5.69 Å². The van der Waals surface area contributed by atoms with Crippen molar-refractivity contribution in [3.05, 3.63) is 32.6 Å². The molecule has 0 radical (unpaired) electrons. The van der Waals surface area contributed by atoms with Gasteiger partial charge in [0, 0.05) is 38.9 Å². The maximum Gasteiger partial charge on any atom is 0.330 e. The maximum absolute atomic E-state index is 11.8. The van der Waals surface area contributed by atoms with Gasteiger partial charge in [0.15, 0.2) is 0 Å². The molecule has 1 aromatic rings. The first-order chi connectivity index (χ1) is 9.32. The standard InChI is InChI=1S/C13H22N4O3/c1-9(2)5-15-11(18)7-14-6-10-8-16(3)13(20)17(4)12(10)19/h8-9,14H,5-7H2,1-4H3,(H,15,18). The van der Waals surface area contributed by atoms with Gasteiger partial charge in [-0.2, -0.15) is 0 Å². The third kappa shape index (κ3) is 4.34. The number of rotatable bonds is 6. The van der Waals surface area contributed by atoms with Gasteiger partial charge in [-0.15, -0.1) is 0 Å². The maximum atomic E-state index is 11.8. The molecule has 1 heterocycles. The quantitative estimate of drug-likeness (QED) is 0.697. The molecule has 0 fully saturated rings. The van der Waals surface area contributed by atoms with E-state index in [4.69, 9.17) is 0 Å². The number of hydrogen-bond acceptors (Lipinski definition) is 4. The second kappa shape index (κ2) is 7.04. The minimum atomic E-state index is -0.367. The third-order valence-corrected chi connectivity index (χ3v) is 2.83. The summed E-state index contributed by atoms with van der Waals surface area (Å²) >= 11 is 0. The summed E-state index contributed by atoms with van der Waals surface area (Å²) in [5.41, 5.74) is -0.261. The summed E-state index contributed by atoms with van der Waals surface area (Å²) in [4.78, 5) is 34.9. The zero-order chi connectivity index (χ0) is 15.3. The van der Waals surface area contributed by atoms with Crippen molar-refractivity contribution in [3.63, 3.8) is 0 Å². The second-order valence-electron chi connectivity index (χ2n) is 5.21. The summed E-state index contributed by atoms with van der Waals surface area (Å²) in [5.74, 6) is 0.287. The molecule has 7 nitrogen and oxygen atoms in total. The van der Waals surface area contributed by atoms with Crippen molar-refractivity contribution in [3.8, 4) is 0 Å². The molecule has 1 amide bonds. The fraction of sp³-hybridized carbons (Fsp3) is 0.615. The normalized spacial score (nSPS) is 10.8. The molecule has 0 saturated heterocycles. The van der Waals surface area contributed by atoms with Crippen LogP contribution in [0.15, 0.2) is 15.8 Å². The van der Waals surface area contributed by atoms with E-state index in [9.17, 15) is 14.4 Å². The molecule has 112 valence electrons. The number of aryl methyl sites for hydroxylation is 1. The molecule has 0 saturated carbocycles. The molecule has 0 aliphatic heterocycles. The summed E-state index contributed by atoms with van der Waals surface area (Å²) in [6.07, 6.45) is 1.49. The predicted octanol–water partition coefficient (Wildman–Crippen LogP) is -1.05. The van der Waals surface area contributed by atoms with E-state index in [0.29, 0.717) is 18.0 Å². The number of carbonyl (C=O) groups excluding carboxylic acids is 1. The first kappa shape index (κ1) is 16.2. The van der Waals surface area contributed by atoms with Gasteiger partial charge in [-0.05, 0) is 5.92 Å². The Bertz CT molecular complexity index is 586. The highest BCUT2D eigenvalue weighted by Gasteiger charge is 2.07. The van der Waals surface area contributed by atoms with E-state index in [1.54, 1.807) is 7.05 Å². The van der Waals surface area contributed by atoms with Crippen LogP contribution < -0.4 is 21.9 Å². The number of nitrogens with one attached hydrogen (secondary N) is 2. The average Bonchev–Trinajstić information content (AvgIpc) is 2.39. The highest BCUT2D eigenvalue weighted by molar-refractivity contribution is 5.77. The van der Waals surface area contributed by atoms with E-state index in [1.807, 2.05) is 13.8 Å². The molecule has 0 aliphatic carbocycles. The Kier molecular flexibility index (Phi) is 5.69. The number of amides is 1. The van der Waals surface area contributed by atoms with Gasteiger partial charge in [0.2, 0.25) is 5.91 Å². The van der Waals surface area contributed by atoms with Crippen LogP contribution in [0.3, 0.4) is 0 Å². The van der Waals surface area contributed by atoms with Gasteiger partial charge in [-0.1, -0.05) is 13.8 Å². The average molecular weight is 282 g/mol. The fourth-order valence-electron chi connectivity index (χ4n) is 1.70. The number of carbonyl (C=O) groups is 1. The summed E-state index contributed by atoms with van der Waals surface area (Å²) in [7, 11) is 3.02. The summed E-state index contributed by atoms with van der Waals surface area (Å²) in [6.45, 7) is 5.04. The minimum absolute atomic E-state index is 0.111. The van der Waals surface area contributed by atoms with Crippen molar-refractivity contribution < 1.29 is 4.79 Å². The Hall–Kier alpha value is -1.89. The Morgan fingerprint density at radius 2 is 1.95 bits per heavy atom. The first-order valence-corrected chi connectivity index (χ1v) is 6.56. The first-order valence-electron chi connectivity index (χ1n) is 6.56. The smallest absolute Gasteiger partial charge is 0.330 e. The second-order valence-corrected chi connectivity index (χ2v) is 5.21. The van der Waals surface area contributed by atoms with Crippen LogP contribution in [0.4, 0.5) is 0 Å². The molecular formula is C13H22N4O3. The van der Waals surface area contributed by atoms with Gasteiger partial charge in [-0.3, -0.25) is 14.2 Å². The lowest BCUT2D eigenvalue weighted by Gasteiger charge is -2.09. The van der Waals surface area contributed by atoms with Crippen molar-refractivity contribution in [1.82, 2.24) is 19.8 Å². The van der Waals surface area contributed by atoms with Crippen molar-refractivity contribution in [2.75, 3.05) is 13.1 Å². The Morgan fingerprint density at radius 1 is 1.30 bits per heavy atom. The molecule has 0 atom stereocenters. The van der Waals surface area contributed by atoms with E-state index in [1.165, 1.54) is 17.8 Å². The van der Waals surface area contributed by atoms with E-state index in [0.717, 1.165) is 4.57 Å². The minimum Gasteiger partial charge on any atom is -0.355 e. The van der Waals surface area contributed by atoms with Crippen molar-refractivity contribution >= 4 is 5.91 Å². The summed E-state index contributed by atoms with van der Waals surface area (Å²) in [6, 6.07) is 0. The van der Waals surface area contributed by atoms with Crippen LogP contribution in [0, 0.1) is 5.92 Å². The molecule has 0 unspecified atom stereocenters. The van der Waals surface area contributed by atoms with Gasteiger partial charge in [0.05, 0.1) is 6.54 Å². The van der Waals surface area contributed by atoms with Crippen molar-refractivity contribution in [1.29, 1.82) is 0 Å². The van der Waals surface area contributed by atoms with E-state index < -0.39 is 0 Å². The molecule has 20 heavy (non-hydrogen) atoms. The molecule has 0 aliphatic rings. The molecule has 1 rings (SSSR count). The molecular weight excluding hydrogens is 260 g/mol. The van der Waals surface area contributed by atoms with Crippen LogP contribution in [-0.2, 0) is 25.4 Å². The van der Waals surface area contributed by atoms with Crippen molar-refractivity contribution in [2.24, 2.45) is 20.0 Å². The highest BCUT2D eigenvalue weighted by atomic mass is 16.2. The van der Waals surface area contributed by atoms with Crippen LogP contribution in [0.2, 0.25) is 0 Å². The number of nitrogens with zero attached hydrogens (tertiary/aromatic N) is 2. The van der Waals surface area contributed by atoms with Crippen LogP contribution in [-0.4, -0.2) is 28.1 Å². The lowest BCUT2D eigenvalue weighted by atomic mass is 10.2. The van der Waals surface area contributed by atoms with Crippen molar-refractivity contribution in [2.45, 2.75) is 20.4 Å². The molecule has 2 N–H and O–H groups in total. The fourth-order valence-corrected chi connectivity index (χ4v) is 1.70. The van der Waals surface area contributed by atoms with Gasteiger partial charge in [0.25, 0.3) is 5.56 Å². The van der Waals surface area contributed by atoms with E-state index >= 15 is 0 Å². The summed E-state index contributed by atoms with van der Waals surface area (Å²) in [5, 5.41) is 5.67. The molecule has 7 heteroatoms. The zero-order valence-electron chi connectivity index (χ0n) is 12.4. The molecule has 0 spiro atoms. The van der Waals surface area contributed by atoms with Crippen LogP contribution in [0.1, 0.15) is 19.4 Å². The number of hydrogen-bond donors (Lipinski definition) is 2. The third-order valence-electron chi connectivity index (χ3n) is 2.83. The Morgan fingerprint density at radius 3 is 2.55 bits per heavy atom. The van der Waals surface area contributed by atoms with Crippen LogP contribution >= 0.6 is 0 Å². The SMILES string of the molecule is CC(C)CNC(=O)CNCc1cn(C)c(=O)n(C)c1=O. The van der Waals surface area contributed by atoms with Gasteiger partial charge in [0.1, 0.15) is 0 Å². The zero-order valence-corrected chi connectivity index (χ0v) is 12.4. The monoisotopic (exact) mass is 282 g/mol. The molecule has 0 aromatic carbocycles.